The molecule has 1 fully saturated rings. The molecule has 1 aliphatic heterocycles. The molecule has 11 nitrogen and oxygen atoms in total. The number of nitrogen functional groups attached to an aromatic ring is 1. The van der Waals surface area contributed by atoms with Crippen molar-refractivity contribution < 1.29 is 27.9 Å². The van der Waals surface area contributed by atoms with Gasteiger partial charge in [0, 0.05) is 11.9 Å². The summed E-state index contributed by atoms with van der Waals surface area (Å²) in [6, 6.07) is 9.00. The van der Waals surface area contributed by atoms with Crippen LogP contribution in [0.2, 0.25) is 0 Å². The third-order valence-corrected chi connectivity index (χ3v) is 7.04. The number of anilines is 1. The molecule has 13 heteroatoms. The van der Waals surface area contributed by atoms with Crippen molar-refractivity contribution in [2.75, 3.05) is 18.1 Å². The number of para-hydroxylation sites is 1. The lowest BCUT2D eigenvalue weighted by atomic mass is 10.3. The fourth-order valence-electron chi connectivity index (χ4n) is 2.82. The Morgan fingerprint density at radius 1 is 1.33 bits per heavy atom. The average molecular weight is 498 g/mol. The summed E-state index contributed by atoms with van der Waals surface area (Å²) in [6.45, 7) is 4.82. The van der Waals surface area contributed by atoms with E-state index < -0.39 is 37.1 Å². The number of esters is 1. The molecule has 1 aromatic carbocycles. The first-order valence-electron chi connectivity index (χ1n) is 10.2. The zero-order valence-electron chi connectivity index (χ0n) is 18.5. The maximum atomic E-state index is 13.5. The van der Waals surface area contributed by atoms with Crippen LogP contribution < -0.4 is 21.0 Å². The van der Waals surface area contributed by atoms with Crippen molar-refractivity contribution in [2.45, 2.75) is 44.6 Å². The number of benzene rings is 1. The van der Waals surface area contributed by atoms with E-state index >= 15 is 0 Å². The molecular weight excluding hydrogens is 471 g/mol. The number of ether oxygens (including phenoxy) is 2. The summed E-state index contributed by atoms with van der Waals surface area (Å²) < 4.78 is 37.0. The van der Waals surface area contributed by atoms with E-state index in [1.807, 2.05) is 0 Å². The van der Waals surface area contributed by atoms with Crippen LogP contribution in [0.4, 0.5) is 5.82 Å². The number of hydrogen-bond acceptors (Lipinski definition) is 10. The van der Waals surface area contributed by atoms with Crippen LogP contribution in [-0.2, 0) is 23.4 Å². The quantitative estimate of drug-likeness (QED) is 0.368. The molecule has 4 atom stereocenters. The molecule has 33 heavy (non-hydrogen) atoms. The van der Waals surface area contributed by atoms with Crippen LogP contribution in [-0.4, -0.2) is 45.5 Å². The van der Waals surface area contributed by atoms with Gasteiger partial charge in [0.1, 0.15) is 29.3 Å². The van der Waals surface area contributed by atoms with Gasteiger partial charge in [0.2, 0.25) is 0 Å². The zero-order valence-corrected chi connectivity index (χ0v) is 20.2. The Morgan fingerprint density at radius 3 is 2.73 bits per heavy atom. The molecule has 0 amide bonds. The molecule has 1 saturated heterocycles. The molecule has 0 aliphatic carbocycles. The molecule has 3 N–H and O–H groups in total. The van der Waals surface area contributed by atoms with Crippen molar-refractivity contribution in [3.63, 3.8) is 0 Å². The van der Waals surface area contributed by atoms with Crippen molar-refractivity contribution in [1.29, 1.82) is 0 Å². The highest BCUT2D eigenvalue weighted by atomic mass is 32.2. The number of nitrogens with two attached hydrogens (primary N) is 1. The monoisotopic (exact) mass is 498 g/mol. The Bertz CT molecular complexity index is 1050. The lowest BCUT2D eigenvalue weighted by Crippen LogP contribution is -2.36. The maximum absolute atomic E-state index is 13.5. The SMILES string of the molecule is CC(C)OC(=O)[C@H](C)N[P@](=O)(OC[C@@H]1O[C@H](n2ccc(N)nc2=O)CS1)Oc1ccccc1. The van der Waals surface area contributed by atoms with Gasteiger partial charge in [-0.25, -0.2) is 9.36 Å². The Morgan fingerprint density at radius 2 is 2.06 bits per heavy atom. The molecule has 3 rings (SSSR count). The molecule has 0 unspecified atom stereocenters. The summed E-state index contributed by atoms with van der Waals surface area (Å²) in [5.74, 6) is 0.285. The van der Waals surface area contributed by atoms with Gasteiger partial charge < -0.3 is 19.7 Å². The van der Waals surface area contributed by atoms with Crippen molar-refractivity contribution in [2.24, 2.45) is 0 Å². The molecular formula is C20H27N4O7PS. The van der Waals surface area contributed by atoms with Crippen molar-refractivity contribution in [1.82, 2.24) is 14.6 Å². The molecule has 2 aromatic rings. The molecule has 0 radical (unpaired) electrons. The van der Waals surface area contributed by atoms with Crippen LogP contribution in [0.15, 0.2) is 47.4 Å². The highest BCUT2D eigenvalue weighted by molar-refractivity contribution is 8.00. The molecule has 2 heterocycles. The number of rotatable bonds is 10. The summed E-state index contributed by atoms with van der Waals surface area (Å²) in [6.07, 6.45) is 0.599. The average Bonchev–Trinajstić information content (AvgIpc) is 3.21. The molecule has 180 valence electrons. The standard InChI is InChI=1S/C20H27N4O7PS/c1-13(2)29-19(25)14(3)23-32(27,31-15-7-5-4-6-8-15)28-11-18-30-17(12-33-18)24-10-9-16(21)22-20(24)26/h4-10,13-14,17-18H,11-12H2,1-3H3,(H,23,27)(H2,21,22,26)/t14-,17-,18+,32-/m0/s1. The van der Waals surface area contributed by atoms with Crippen molar-refractivity contribution in [3.05, 3.63) is 53.1 Å². The Kier molecular flexibility index (Phi) is 8.55. The van der Waals surface area contributed by atoms with Gasteiger partial charge in [0.15, 0.2) is 0 Å². The molecule has 0 spiro atoms. The number of aromatic nitrogens is 2. The van der Waals surface area contributed by atoms with Gasteiger partial charge in [-0.2, -0.15) is 10.1 Å². The number of nitrogens with one attached hydrogen (secondary N) is 1. The first-order chi connectivity index (χ1) is 15.6. The molecule has 0 bridgehead atoms. The fraction of sp³-hybridized carbons (Fsp3) is 0.450. The van der Waals surface area contributed by atoms with E-state index in [1.54, 1.807) is 44.2 Å². The topological polar surface area (TPSA) is 144 Å². The van der Waals surface area contributed by atoms with Gasteiger partial charge in [0.25, 0.3) is 0 Å². The van der Waals surface area contributed by atoms with Crippen LogP contribution in [0.25, 0.3) is 0 Å². The highest BCUT2D eigenvalue weighted by Gasteiger charge is 2.36. The second-order valence-electron chi connectivity index (χ2n) is 7.43. The summed E-state index contributed by atoms with van der Waals surface area (Å²) >= 11 is 1.38. The van der Waals surface area contributed by atoms with Crippen molar-refractivity contribution in [3.8, 4) is 5.75 Å². The molecule has 1 aliphatic rings. The zero-order chi connectivity index (χ0) is 24.0. The van der Waals surface area contributed by atoms with Gasteiger partial charge in [-0.1, -0.05) is 18.2 Å². The smallest absolute Gasteiger partial charge is 0.459 e. The Labute approximate surface area is 195 Å². The van der Waals surface area contributed by atoms with E-state index in [9.17, 15) is 14.2 Å². The summed E-state index contributed by atoms with van der Waals surface area (Å²) in [4.78, 5) is 27.9. The number of hydrogen-bond donors (Lipinski definition) is 2. The summed E-state index contributed by atoms with van der Waals surface area (Å²) in [5, 5.41) is 2.62. The van der Waals surface area contributed by atoms with Gasteiger partial charge in [-0.3, -0.25) is 13.9 Å². The number of thioether (sulfide) groups is 1. The largest absolute Gasteiger partial charge is 0.462 e. The molecule has 1 aromatic heterocycles. The summed E-state index contributed by atoms with van der Waals surface area (Å²) in [7, 11) is -4.00. The van der Waals surface area contributed by atoms with Crippen LogP contribution in [0.3, 0.4) is 0 Å². The normalized spacial score (nSPS) is 20.8. The van der Waals surface area contributed by atoms with Crippen LogP contribution in [0.5, 0.6) is 5.75 Å². The van der Waals surface area contributed by atoms with E-state index in [0.717, 1.165) is 0 Å². The third kappa shape index (κ3) is 7.31. The highest BCUT2D eigenvalue weighted by Crippen LogP contribution is 2.46. The fourth-order valence-corrected chi connectivity index (χ4v) is 5.40. The van der Waals surface area contributed by atoms with Gasteiger partial charge in [-0.05, 0) is 39.0 Å². The van der Waals surface area contributed by atoms with Crippen LogP contribution >= 0.6 is 19.5 Å². The minimum absolute atomic E-state index is 0.122. The van der Waals surface area contributed by atoms with E-state index in [-0.39, 0.29) is 18.5 Å². The second-order valence-corrected chi connectivity index (χ2v) is 10.3. The van der Waals surface area contributed by atoms with E-state index in [2.05, 4.69) is 10.1 Å². The second kappa shape index (κ2) is 11.2. The number of carbonyl (C=O) groups excluding carboxylic acids is 1. The van der Waals surface area contributed by atoms with Gasteiger partial charge in [0.05, 0.1) is 12.7 Å². The minimum atomic E-state index is -4.00. The van der Waals surface area contributed by atoms with Crippen molar-refractivity contribution >= 4 is 31.3 Å². The predicted molar refractivity (Wildman–Crippen MR) is 124 cm³/mol. The van der Waals surface area contributed by atoms with Gasteiger partial charge in [-0.15, -0.1) is 11.8 Å². The third-order valence-electron chi connectivity index (χ3n) is 4.30. The number of carbonyl (C=O) groups is 1. The van der Waals surface area contributed by atoms with Crippen LogP contribution in [0.1, 0.15) is 27.0 Å². The first kappa shape index (κ1) is 25.3. The minimum Gasteiger partial charge on any atom is -0.462 e. The van der Waals surface area contributed by atoms with Crippen LogP contribution in [0, 0.1) is 0 Å². The maximum Gasteiger partial charge on any atom is 0.459 e. The lowest BCUT2D eigenvalue weighted by Gasteiger charge is -2.24. The Balaban J connectivity index is 1.66. The predicted octanol–water partition coefficient (Wildman–Crippen LogP) is 2.55. The van der Waals surface area contributed by atoms with E-state index in [4.69, 9.17) is 24.3 Å². The first-order valence-corrected chi connectivity index (χ1v) is 12.8. The Hall–Kier alpha value is -2.37. The van der Waals surface area contributed by atoms with Gasteiger partial charge >= 0.3 is 19.4 Å². The lowest BCUT2D eigenvalue weighted by molar-refractivity contribution is -0.149. The number of nitrogens with zero attached hydrogens (tertiary/aromatic N) is 2. The van der Waals surface area contributed by atoms with E-state index in [0.29, 0.717) is 11.5 Å². The van der Waals surface area contributed by atoms with E-state index in [1.165, 1.54) is 35.5 Å². The molecule has 0 saturated carbocycles. The summed E-state index contributed by atoms with van der Waals surface area (Å²) in [5.41, 5.74) is 4.46.